The smallest absolute Gasteiger partial charge is 0.141 e. The zero-order valence-corrected chi connectivity index (χ0v) is 12.5. The van der Waals surface area contributed by atoms with Crippen LogP contribution >= 0.6 is 11.6 Å². The fourth-order valence-electron chi connectivity index (χ4n) is 2.15. The normalized spacial score (nSPS) is 12.5. The van der Waals surface area contributed by atoms with Gasteiger partial charge in [-0.15, -0.1) is 0 Å². The van der Waals surface area contributed by atoms with E-state index < -0.39 is 0 Å². The minimum Gasteiger partial charge on any atom is -0.496 e. The number of methoxy groups -OCH3 is 1. The Morgan fingerprint density at radius 2 is 2.11 bits per heavy atom. The van der Waals surface area contributed by atoms with Gasteiger partial charge in [-0.3, -0.25) is 4.79 Å². The summed E-state index contributed by atoms with van der Waals surface area (Å²) in [5.41, 5.74) is 6.52. The van der Waals surface area contributed by atoms with E-state index in [9.17, 15) is 4.79 Å². The summed E-state index contributed by atoms with van der Waals surface area (Å²) in [5.74, 6) is 1.21. The number of Topliss-reactive ketones (excluding diaryl/α,β-unsaturated/α-hetero) is 1. The van der Waals surface area contributed by atoms with Crippen molar-refractivity contribution in [3.05, 3.63) is 28.8 Å². The minimum atomic E-state index is -0.0938. The molecule has 0 fully saturated rings. The molecule has 0 amide bonds. The molecule has 1 rings (SSSR count). The van der Waals surface area contributed by atoms with Crippen LogP contribution in [0.25, 0.3) is 0 Å². The molecule has 0 saturated carbocycles. The van der Waals surface area contributed by atoms with Gasteiger partial charge < -0.3 is 10.5 Å². The molecule has 0 aliphatic rings. The monoisotopic (exact) mass is 283 g/mol. The molecule has 106 valence electrons. The Hall–Kier alpha value is -1.06. The summed E-state index contributed by atoms with van der Waals surface area (Å²) >= 11 is 5.96. The van der Waals surface area contributed by atoms with E-state index in [1.165, 1.54) is 0 Å². The molecule has 0 radical (unpaired) electrons. The maximum Gasteiger partial charge on any atom is 0.141 e. The van der Waals surface area contributed by atoms with Gasteiger partial charge in [0.1, 0.15) is 11.5 Å². The van der Waals surface area contributed by atoms with Crippen LogP contribution in [0.3, 0.4) is 0 Å². The maximum absolute atomic E-state index is 12.3. The zero-order chi connectivity index (χ0) is 14.4. The highest BCUT2D eigenvalue weighted by atomic mass is 35.5. The number of halogens is 1. The van der Waals surface area contributed by atoms with Crippen molar-refractivity contribution >= 4 is 17.4 Å². The maximum atomic E-state index is 12.3. The van der Waals surface area contributed by atoms with Gasteiger partial charge in [0.25, 0.3) is 0 Å². The lowest BCUT2D eigenvalue weighted by Gasteiger charge is -2.17. The summed E-state index contributed by atoms with van der Waals surface area (Å²) in [5, 5.41) is 0.608. The molecule has 0 spiro atoms. The molecular weight excluding hydrogens is 262 g/mol. The molecule has 1 unspecified atom stereocenters. The van der Waals surface area contributed by atoms with E-state index >= 15 is 0 Å². The number of hydrogen-bond donors (Lipinski definition) is 1. The van der Waals surface area contributed by atoms with Crippen molar-refractivity contribution in [2.75, 3.05) is 13.7 Å². The van der Waals surface area contributed by atoms with Crippen LogP contribution < -0.4 is 10.5 Å². The topological polar surface area (TPSA) is 52.3 Å². The second kappa shape index (κ2) is 7.51. The van der Waals surface area contributed by atoms with Gasteiger partial charge in [-0.25, -0.2) is 0 Å². The van der Waals surface area contributed by atoms with Crippen LogP contribution in [0.15, 0.2) is 18.2 Å². The summed E-state index contributed by atoms with van der Waals surface area (Å²) in [7, 11) is 1.59. The average Bonchev–Trinajstić information content (AvgIpc) is 2.35. The third-order valence-corrected chi connectivity index (χ3v) is 3.34. The molecule has 0 aliphatic heterocycles. The molecule has 0 aliphatic carbocycles. The summed E-state index contributed by atoms with van der Waals surface area (Å²) in [6.07, 6.45) is 1.14. The summed E-state index contributed by atoms with van der Waals surface area (Å²) in [6.45, 7) is 4.58. The van der Waals surface area contributed by atoms with Gasteiger partial charge in [0.05, 0.1) is 7.11 Å². The van der Waals surface area contributed by atoms with Crippen LogP contribution in [0.5, 0.6) is 5.75 Å². The molecule has 3 nitrogen and oxygen atoms in total. The Bertz CT molecular complexity index is 432. The lowest BCUT2D eigenvalue weighted by atomic mass is 9.90. The van der Waals surface area contributed by atoms with Crippen molar-refractivity contribution in [2.24, 2.45) is 17.6 Å². The first-order valence-corrected chi connectivity index (χ1v) is 6.90. The lowest BCUT2D eigenvalue weighted by Crippen LogP contribution is -2.26. The van der Waals surface area contributed by atoms with Gasteiger partial charge in [0.2, 0.25) is 0 Å². The fourth-order valence-corrected chi connectivity index (χ4v) is 2.34. The lowest BCUT2D eigenvalue weighted by molar-refractivity contribution is -0.122. The van der Waals surface area contributed by atoms with Crippen molar-refractivity contribution in [3.8, 4) is 5.75 Å². The Morgan fingerprint density at radius 3 is 2.63 bits per heavy atom. The Balaban J connectivity index is 2.83. The van der Waals surface area contributed by atoms with Crippen molar-refractivity contribution in [1.29, 1.82) is 0 Å². The number of carbonyl (C=O) groups is 1. The molecule has 4 heteroatoms. The Kier molecular flexibility index (Phi) is 6.32. The second-order valence-corrected chi connectivity index (χ2v) is 5.60. The van der Waals surface area contributed by atoms with E-state index in [1.807, 2.05) is 0 Å². The Labute approximate surface area is 120 Å². The summed E-state index contributed by atoms with van der Waals surface area (Å²) in [4.78, 5) is 12.3. The zero-order valence-electron chi connectivity index (χ0n) is 11.8. The standard InChI is InChI=1S/C15H22ClNO2/c1-10(2)6-12(9-17)14(18)8-11-7-13(16)4-5-15(11)19-3/h4-5,7,10,12H,6,8-9,17H2,1-3H3. The number of nitrogens with two attached hydrogens (primary N) is 1. The van der Waals surface area contributed by atoms with Crippen molar-refractivity contribution in [1.82, 2.24) is 0 Å². The van der Waals surface area contributed by atoms with Gasteiger partial charge in [-0.05, 0) is 30.5 Å². The summed E-state index contributed by atoms with van der Waals surface area (Å²) < 4.78 is 5.25. The number of ether oxygens (including phenoxy) is 1. The highest BCUT2D eigenvalue weighted by Gasteiger charge is 2.20. The van der Waals surface area contributed by atoms with Gasteiger partial charge in [-0.2, -0.15) is 0 Å². The molecule has 0 saturated heterocycles. The van der Waals surface area contributed by atoms with E-state index in [4.69, 9.17) is 22.1 Å². The molecule has 0 bridgehead atoms. The van der Waals surface area contributed by atoms with Crippen molar-refractivity contribution < 1.29 is 9.53 Å². The fraction of sp³-hybridized carbons (Fsp3) is 0.533. The number of hydrogen-bond acceptors (Lipinski definition) is 3. The van der Waals surface area contributed by atoms with Crippen molar-refractivity contribution in [3.63, 3.8) is 0 Å². The molecule has 1 atom stereocenters. The highest BCUT2D eigenvalue weighted by Crippen LogP contribution is 2.25. The second-order valence-electron chi connectivity index (χ2n) is 5.16. The van der Waals surface area contributed by atoms with Crippen LogP contribution in [0.4, 0.5) is 0 Å². The molecule has 0 aromatic heterocycles. The number of rotatable bonds is 7. The van der Waals surface area contributed by atoms with Crippen LogP contribution in [-0.2, 0) is 11.2 Å². The van der Waals surface area contributed by atoms with Crippen LogP contribution in [0.2, 0.25) is 5.02 Å². The number of ketones is 1. The first-order chi connectivity index (χ1) is 8.97. The van der Waals surface area contributed by atoms with E-state index in [0.29, 0.717) is 29.7 Å². The highest BCUT2D eigenvalue weighted by molar-refractivity contribution is 6.30. The van der Waals surface area contributed by atoms with Gasteiger partial charge >= 0.3 is 0 Å². The summed E-state index contributed by atoms with van der Waals surface area (Å²) in [6, 6.07) is 5.31. The predicted octanol–water partition coefficient (Wildman–Crippen LogP) is 3.08. The molecule has 1 aromatic rings. The van der Waals surface area contributed by atoms with Gasteiger partial charge in [-0.1, -0.05) is 25.4 Å². The largest absolute Gasteiger partial charge is 0.496 e. The SMILES string of the molecule is COc1ccc(Cl)cc1CC(=O)C(CN)CC(C)C. The van der Waals surface area contributed by atoms with Gasteiger partial charge in [0, 0.05) is 29.5 Å². The number of benzene rings is 1. The first-order valence-electron chi connectivity index (χ1n) is 6.53. The molecular formula is C15H22ClNO2. The number of carbonyl (C=O) groups excluding carboxylic acids is 1. The van der Waals surface area contributed by atoms with E-state index in [-0.39, 0.29) is 11.7 Å². The first kappa shape index (κ1) is 16.0. The van der Waals surface area contributed by atoms with Crippen molar-refractivity contribution in [2.45, 2.75) is 26.7 Å². The van der Waals surface area contributed by atoms with E-state index in [2.05, 4.69) is 13.8 Å². The minimum absolute atomic E-state index is 0.0938. The van der Waals surface area contributed by atoms with E-state index in [1.54, 1.807) is 25.3 Å². The molecule has 1 aromatic carbocycles. The predicted molar refractivity (Wildman–Crippen MR) is 78.7 cm³/mol. The quantitative estimate of drug-likeness (QED) is 0.837. The van der Waals surface area contributed by atoms with Gasteiger partial charge in [0.15, 0.2) is 0 Å². The molecule has 19 heavy (non-hydrogen) atoms. The van der Waals surface area contributed by atoms with Crippen LogP contribution in [0, 0.1) is 11.8 Å². The van der Waals surface area contributed by atoms with Crippen LogP contribution in [-0.4, -0.2) is 19.4 Å². The average molecular weight is 284 g/mol. The molecule has 2 N–H and O–H groups in total. The third kappa shape index (κ3) is 4.84. The van der Waals surface area contributed by atoms with E-state index in [0.717, 1.165) is 12.0 Å². The molecule has 0 heterocycles. The Morgan fingerprint density at radius 1 is 1.42 bits per heavy atom. The third-order valence-electron chi connectivity index (χ3n) is 3.10. The van der Waals surface area contributed by atoms with Crippen LogP contribution in [0.1, 0.15) is 25.8 Å².